The molecule has 0 bridgehead atoms. The molecule has 2 N–H and O–H groups in total. The van der Waals surface area contributed by atoms with Crippen LogP contribution in [0.25, 0.3) is 0 Å². The molecule has 0 atom stereocenters. The van der Waals surface area contributed by atoms with E-state index in [2.05, 4.69) is 10.6 Å². The van der Waals surface area contributed by atoms with Crippen molar-refractivity contribution >= 4 is 22.9 Å². The Bertz CT molecular complexity index is 1110. The molecule has 0 aliphatic heterocycles. The third kappa shape index (κ3) is 3.12. The van der Waals surface area contributed by atoms with Gasteiger partial charge in [0.1, 0.15) is 0 Å². The number of carbonyl (C=O) groups excluding carboxylic acids is 2. The minimum atomic E-state index is -0.800. The summed E-state index contributed by atoms with van der Waals surface area (Å²) in [4.78, 5) is 25.0. The lowest BCUT2D eigenvalue weighted by Gasteiger charge is -2.15. The van der Waals surface area contributed by atoms with Crippen molar-refractivity contribution in [1.29, 1.82) is 0 Å². The molecule has 0 unspecified atom stereocenters. The van der Waals surface area contributed by atoms with Crippen LogP contribution in [0.4, 0.5) is 11.4 Å². The van der Waals surface area contributed by atoms with Gasteiger partial charge in [0.05, 0.1) is 25.1 Å². The SMILES string of the molecule is [2H]c1c([2H])c([2H])c(NC2=CC(=O)C(Nc3c([2H])c([2H])c([2H])c([2H])c3[2H])=CC2=O)c([2H])c1[2H]. The molecular formula is C18H14N2O2. The summed E-state index contributed by atoms with van der Waals surface area (Å²) in [6, 6.07) is -6.09. The molecule has 3 rings (SSSR count). The van der Waals surface area contributed by atoms with Crippen molar-refractivity contribution in [3.63, 3.8) is 0 Å². The van der Waals surface area contributed by atoms with Crippen molar-refractivity contribution in [2.75, 3.05) is 10.6 Å². The summed E-state index contributed by atoms with van der Waals surface area (Å²) in [5.41, 5.74) is -1.50. The molecule has 22 heavy (non-hydrogen) atoms. The zero-order valence-electron chi connectivity index (χ0n) is 21.0. The summed E-state index contributed by atoms with van der Waals surface area (Å²) < 4.78 is 77.4. The highest BCUT2D eigenvalue weighted by atomic mass is 16.1. The van der Waals surface area contributed by atoms with E-state index in [-0.39, 0.29) is 22.8 Å². The van der Waals surface area contributed by atoms with Crippen molar-refractivity contribution in [3.05, 3.63) is 84.0 Å². The van der Waals surface area contributed by atoms with Crippen LogP contribution in [0.1, 0.15) is 13.7 Å². The molecule has 2 aromatic rings. The fourth-order valence-electron chi connectivity index (χ4n) is 1.65. The van der Waals surface area contributed by atoms with Crippen LogP contribution >= 0.6 is 0 Å². The monoisotopic (exact) mass is 300 g/mol. The van der Waals surface area contributed by atoms with Gasteiger partial charge in [0.15, 0.2) is 0 Å². The lowest BCUT2D eigenvalue weighted by Crippen LogP contribution is -2.21. The van der Waals surface area contributed by atoms with Gasteiger partial charge >= 0.3 is 0 Å². The topological polar surface area (TPSA) is 58.2 Å². The van der Waals surface area contributed by atoms with E-state index >= 15 is 0 Å². The Balaban J connectivity index is 1.94. The molecule has 1 aliphatic rings. The van der Waals surface area contributed by atoms with Gasteiger partial charge in [0.2, 0.25) is 11.6 Å². The Morgan fingerprint density at radius 2 is 1.00 bits per heavy atom. The highest BCUT2D eigenvalue weighted by Gasteiger charge is 2.20. The lowest BCUT2D eigenvalue weighted by molar-refractivity contribution is -0.115. The van der Waals surface area contributed by atoms with Gasteiger partial charge in [0.25, 0.3) is 0 Å². The van der Waals surface area contributed by atoms with Crippen LogP contribution in [0.15, 0.2) is 84.0 Å². The van der Waals surface area contributed by atoms with Crippen LogP contribution in [0, 0.1) is 0 Å². The number of hydrogen-bond acceptors (Lipinski definition) is 4. The molecule has 0 heterocycles. The third-order valence-electron chi connectivity index (χ3n) is 2.60. The Morgan fingerprint density at radius 3 is 1.36 bits per heavy atom. The number of benzene rings is 2. The van der Waals surface area contributed by atoms with Gasteiger partial charge < -0.3 is 10.6 Å². The van der Waals surface area contributed by atoms with E-state index in [1.165, 1.54) is 0 Å². The van der Waals surface area contributed by atoms with Crippen molar-refractivity contribution in [1.82, 2.24) is 0 Å². The molecule has 0 saturated carbocycles. The van der Waals surface area contributed by atoms with Crippen LogP contribution in [-0.2, 0) is 9.59 Å². The van der Waals surface area contributed by atoms with Gasteiger partial charge in [-0.2, -0.15) is 0 Å². The maximum atomic E-state index is 12.5. The summed E-state index contributed by atoms with van der Waals surface area (Å²) in [6.07, 6.45) is 1.64. The number of para-hydroxylation sites is 2. The van der Waals surface area contributed by atoms with E-state index in [9.17, 15) is 9.59 Å². The molecule has 108 valence electrons. The second-order valence-corrected chi connectivity index (χ2v) is 4.09. The van der Waals surface area contributed by atoms with E-state index in [4.69, 9.17) is 13.7 Å². The van der Waals surface area contributed by atoms with Gasteiger partial charge in [-0.1, -0.05) is 36.3 Å². The first-order chi connectivity index (χ1) is 14.9. The van der Waals surface area contributed by atoms with Crippen LogP contribution in [0.2, 0.25) is 0 Å². The van der Waals surface area contributed by atoms with Gasteiger partial charge in [-0.05, 0) is 24.2 Å². The molecule has 0 radical (unpaired) electrons. The van der Waals surface area contributed by atoms with Crippen molar-refractivity contribution in [2.24, 2.45) is 0 Å². The Kier molecular flexibility index (Phi) is 1.75. The van der Waals surface area contributed by atoms with E-state index in [0.29, 0.717) is 0 Å². The fourth-order valence-corrected chi connectivity index (χ4v) is 1.65. The number of nitrogens with one attached hydrogen (secondary N) is 2. The molecule has 0 saturated heterocycles. The number of allylic oxidation sites excluding steroid dienone is 2. The largest absolute Gasteiger partial charge is 0.352 e. The van der Waals surface area contributed by atoms with Crippen molar-refractivity contribution in [3.8, 4) is 0 Å². The maximum Gasteiger partial charge on any atom is 0.204 e. The molecule has 1 aliphatic carbocycles. The Hall–Kier alpha value is -3.14. The predicted molar refractivity (Wildman–Crippen MR) is 86.3 cm³/mol. The summed E-state index contributed by atoms with van der Waals surface area (Å²) >= 11 is 0. The minimum Gasteiger partial charge on any atom is -0.352 e. The number of anilines is 2. The normalized spacial score (nSPS) is 20.5. The van der Waals surface area contributed by atoms with Gasteiger partial charge in [-0.3, -0.25) is 9.59 Å². The molecular weight excluding hydrogens is 276 g/mol. The number of rotatable bonds is 4. The standard InChI is InChI=1S/C18H14N2O2/c21-17-12-16(20-14-9-5-2-6-10-14)18(22)11-15(17)19-13-7-3-1-4-8-13/h1-12,19-20H/i1D,2D,3D,4D,5D,6D,7D,8D,9D,10D. The first kappa shape index (κ1) is 6.32. The lowest BCUT2D eigenvalue weighted by atomic mass is 10.1. The second kappa shape index (κ2) is 6.10. The smallest absolute Gasteiger partial charge is 0.204 e. The van der Waals surface area contributed by atoms with E-state index in [0.717, 1.165) is 12.2 Å². The van der Waals surface area contributed by atoms with Gasteiger partial charge in [-0.15, -0.1) is 0 Å². The zero-order chi connectivity index (χ0) is 24.1. The molecule has 0 aromatic heterocycles. The molecule has 0 spiro atoms. The van der Waals surface area contributed by atoms with Crippen LogP contribution in [-0.4, -0.2) is 11.6 Å². The summed E-state index contributed by atoms with van der Waals surface area (Å²) in [6.45, 7) is 0. The molecule has 4 nitrogen and oxygen atoms in total. The average molecular weight is 300 g/mol. The zero-order valence-corrected chi connectivity index (χ0v) is 11.0. The van der Waals surface area contributed by atoms with Crippen LogP contribution in [0.5, 0.6) is 0 Å². The first-order valence-corrected chi connectivity index (χ1v) is 6.06. The van der Waals surface area contributed by atoms with Crippen LogP contribution < -0.4 is 10.6 Å². The highest BCUT2D eigenvalue weighted by molar-refractivity contribution is 6.21. The molecule has 4 heteroatoms. The molecule has 0 fully saturated rings. The fraction of sp³-hybridized carbons (Fsp3) is 0. The average Bonchev–Trinajstić information content (AvgIpc) is 2.76. The quantitative estimate of drug-likeness (QED) is 0.852. The maximum absolute atomic E-state index is 12.5. The third-order valence-corrected chi connectivity index (χ3v) is 2.60. The molecule has 2 aromatic carbocycles. The van der Waals surface area contributed by atoms with Gasteiger partial charge in [-0.25, -0.2) is 0 Å². The van der Waals surface area contributed by atoms with E-state index in [1.54, 1.807) is 0 Å². The summed E-state index contributed by atoms with van der Waals surface area (Å²) in [5.74, 6) is -1.60. The number of carbonyl (C=O) groups is 2. The second-order valence-electron chi connectivity index (χ2n) is 4.09. The van der Waals surface area contributed by atoms with Crippen molar-refractivity contribution in [2.45, 2.75) is 0 Å². The Morgan fingerprint density at radius 1 is 0.636 bits per heavy atom. The van der Waals surface area contributed by atoms with Gasteiger partial charge in [0, 0.05) is 23.5 Å². The summed E-state index contributed by atoms with van der Waals surface area (Å²) in [5, 5.41) is 4.80. The first-order valence-electron chi connectivity index (χ1n) is 11.1. The van der Waals surface area contributed by atoms with E-state index in [1.807, 2.05) is 0 Å². The highest BCUT2D eigenvalue weighted by Crippen LogP contribution is 2.17. The van der Waals surface area contributed by atoms with Crippen LogP contribution in [0.3, 0.4) is 0 Å². The van der Waals surface area contributed by atoms with Crippen molar-refractivity contribution < 1.29 is 23.3 Å². The minimum absolute atomic E-state index is 0.361. The summed E-state index contributed by atoms with van der Waals surface area (Å²) in [7, 11) is 0. The Labute approximate surface area is 142 Å². The van der Waals surface area contributed by atoms with E-state index < -0.39 is 72.0 Å². The molecule has 0 amide bonds. The number of hydrogen-bond donors (Lipinski definition) is 2. The number of ketones is 2. The predicted octanol–water partition coefficient (Wildman–Crippen LogP) is 3.13.